The third kappa shape index (κ3) is 4.22. The Hall–Kier alpha value is -5.45. The average molecular weight is 608 g/mol. The second-order valence-electron chi connectivity index (χ2n) is 12.5. The number of aromatic nitrogens is 3. The summed E-state index contributed by atoms with van der Waals surface area (Å²) in [6.45, 7) is 4.70. The van der Waals surface area contributed by atoms with Crippen molar-refractivity contribution < 1.29 is 0 Å². The molecule has 0 bridgehead atoms. The molecule has 0 N–H and O–H groups in total. The van der Waals surface area contributed by atoms with Gasteiger partial charge in [0.05, 0.1) is 0 Å². The minimum atomic E-state index is 0.00540. The Morgan fingerprint density at radius 2 is 1.00 bits per heavy atom. The Kier molecular flexibility index (Phi) is 6.02. The molecule has 46 heavy (non-hydrogen) atoms. The van der Waals surface area contributed by atoms with E-state index in [4.69, 9.17) is 15.0 Å². The highest BCUT2D eigenvalue weighted by Crippen LogP contribution is 2.53. The van der Waals surface area contributed by atoms with E-state index in [1.54, 1.807) is 0 Å². The Bertz CT molecular complexity index is 2370. The molecule has 0 unspecified atom stereocenters. The van der Waals surface area contributed by atoms with E-state index in [9.17, 15) is 0 Å². The minimum Gasteiger partial charge on any atom is -0.208 e. The second kappa shape index (κ2) is 10.3. The molecule has 8 aromatic rings. The SMILES string of the molecule is CC1(C)c2ccccc2-c2c1ccc1c2sc2ccc(-c3ccc(-c4nc(-c5ccccc5)nc(-c5ccccc5)n4)cc3)cc21. The van der Waals surface area contributed by atoms with Crippen LogP contribution in [0.4, 0.5) is 0 Å². The van der Waals surface area contributed by atoms with Crippen molar-refractivity contribution in [1.82, 2.24) is 15.0 Å². The summed E-state index contributed by atoms with van der Waals surface area (Å²) in [6, 6.07) is 49.3. The van der Waals surface area contributed by atoms with Crippen LogP contribution in [0.5, 0.6) is 0 Å². The number of thiophene rings is 1. The summed E-state index contributed by atoms with van der Waals surface area (Å²) >= 11 is 1.91. The van der Waals surface area contributed by atoms with Crippen molar-refractivity contribution in [2.75, 3.05) is 0 Å². The zero-order valence-electron chi connectivity index (χ0n) is 25.5. The molecule has 6 aromatic carbocycles. The van der Waals surface area contributed by atoms with Gasteiger partial charge in [-0.05, 0) is 39.9 Å². The van der Waals surface area contributed by atoms with Crippen LogP contribution < -0.4 is 0 Å². The first-order valence-corrected chi connectivity index (χ1v) is 16.4. The predicted molar refractivity (Wildman–Crippen MR) is 192 cm³/mol. The van der Waals surface area contributed by atoms with Gasteiger partial charge in [-0.15, -0.1) is 11.3 Å². The molecule has 0 aliphatic heterocycles. The van der Waals surface area contributed by atoms with Gasteiger partial charge in [-0.25, -0.2) is 15.0 Å². The van der Waals surface area contributed by atoms with E-state index in [1.165, 1.54) is 53.6 Å². The maximum absolute atomic E-state index is 4.90. The van der Waals surface area contributed by atoms with Gasteiger partial charge < -0.3 is 0 Å². The van der Waals surface area contributed by atoms with Crippen molar-refractivity contribution >= 4 is 31.5 Å². The fraction of sp³-hybridized carbons (Fsp3) is 0.0714. The summed E-state index contributed by atoms with van der Waals surface area (Å²) in [5.74, 6) is 2.00. The standard InChI is InChI=1S/C42H29N3S/c1-42(2)34-16-10-9-15-32(34)37-35(42)23-22-31-33-25-30(21-24-36(33)46-38(31)37)26-17-19-29(20-18-26)41-44-39(27-11-5-3-6-12-27)43-40(45-41)28-13-7-4-8-14-28/h3-25H,1-2H3. The Labute approximate surface area is 271 Å². The molecule has 0 fully saturated rings. The van der Waals surface area contributed by atoms with E-state index in [2.05, 4.69) is 92.7 Å². The summed E-state index contributed by atoms with van der Waals surface area (Å²) in [7, 11) is 0. The fourth-order valence-corrected chi connectivity index (χ4v) is 8.19. The van der Waals surface area contributed by atoms with Crippen LogP contribution in [0, 0.1) is 0 Å². The third-order valence-electron chi connectivity index (χ3n) is 9.36. The highest BCUT2D eigenvalue weighted by Gasteiger charge is 2.36. The molecule has 218 valence electrons. The Morgan fingerprint density at radius 1 is 0.457 bits per heavy atom. The lowest BCUT2D eigenvalue weighted by Crippen LogP contribution is -2.14. The van der Waals surface area contributed by atoms with Crippen LogP contribution in [0.25, 0.3) is 76.6 Å². The number of hydrogen-bond donors (Lipinski definition) is 0. The molecule has 3 nitrogen and oxygen atoms in total. The lowest BCUT2D eigenvalue weighted by molar-refractivity contribution is 0.661. The van der Waals surface area contributed by atoms with Crippen LogP contribution >= 0.6 is 11.3 Å². The molecule has 2 heterocycles. The number of hydrogen-bond acceptors (Lipinski definition) is 4. The maximum Gasteiger partial charge on any atom is 0.164 e. The van der Waals surface area contributed by atoms with Crippen molar-refractivity contribution in [1.29, 1.82) is 0 Å². The van der Waals surface area contributed by atoms with Crippen LogP contribution in [0.3, 0.4) is 0 Å². The van der Waals surface area contributed by atoms with E-state index in [1.807, 2.05) is 72.0 Å². The first-order valence-electron chi connectivity index (χ1n) is 15.6. The smallest absolute Gasteiger partial charge is 0.164 e. The van der Waals surface area contributed by atoms with Crippen LogP contribution in [0.2, 0.25) is 0 Å². The van der Waals surface area contributed by atoms with Crippen molar-refractivity contribution in [3.8, 4) is 56.4 Å². The molecular weight excluding hydrogens is 579 g/mol. The normalized spacial score (nSPS) is 13.2. The van der Waals surface area contributed by atoms with Crippen molar-refractivity contribution in [3.63, 3.8) is 0 Å². The summed E-state index contributed by atoms with van der Waals surface area (Å²) in [5.41, 5.74) is 10.9. The van der Waals surface area contributed by atoms with E-state index in [-0.39, 0.29) is 5.41 Å². The third-order valence-corrected chi connectivity index (χ3v) is 10.6. The molecular formula is C42H29N3S. The molecule has 0 radical (unpaired) electrons. The van der Waals surface area contributed by atoms with E-state index < -0.39 is 0 Å². The molecule has 2 aromatic heterocycles. The molecule has 0 saturated heterocycles. The van der Waals surface area contributed by atoms with Crippen LogP contribution in [0.15, 0.2) is 140 Å². The highest BCUT2D eigenvalue weighted by atomic mass is 32.1. The molecule has 0 atom stereocenters. The molecule has 4 heteroatoms. The van der Waals surface area contributed by atoms with Crippen molar-refractivity contribution in [2.24, 2.45) is 0 Å². The van der Waals surface area contributed by atoms with Gasteiger partial charge in [0.1, 0.15) is 0 Å². The average Bonchev–Trinajstić information content (AvgIpc) is 3.60. The maximum atomic E-state index is 4.90. The van der Waals surface area contributed by atoms with E-state index >= 15 is 0 Å². The number of nitrogens with zero attached hydrogens (tertiary/aromatic N) is 3. The number of fused-ring (bicyclic) bond motifs is 7. The minimum absolute atomic E-state index is 0.00540. The summed E-state index contributed by atoms with van der Waals surface area (Å²) in [6.07, 6.45) is 0. The van der Waals surface area contributed by atoms with Gasteiger partial charge >= 0.3 is 0 Å². The van der Waals surface area contributed by atoms with E-state index in [0.29, 0.717) is 17.5 Å². The van der Waals surface area contributed by atoms with Gasteiger partial charge in [0.2, 0.25) is 0 Å². The fourth-order valence-electron chi connectivity index (χ4n) is 6.95. The molecule has 1 aliphatic carbocycles. The van der Waals surface area contributed by atoms with E-state index in [0.717, 1.165) is 16.7 Å². The zero-order valence-corrected chi connectivity index (χ0v) is 26.3. The summed E-state index contributed by atoms with van der Waals surface area (Å²) in [4.78, 5) is 14.6. The van der Waals surface area contributed by atoms with Crippen molar-refractivity contribution in [3.05, 3.63) is 151 Å². The topological polar surface area (TPSA) is 38.7 Å². The molecule has 0 saturated carbocycles. The summed E-state index contributed by atoms with van der Waals surface area (Å²) in [5, 5.41) is 2.64. The zero-order chi connectivity index (χ0) is 30.8. The number of benzene rings is 6. The first-order chi connectivity index (χ1) is 22.5. The lowest BCUT2D eigenvalue weighted by atomic mass is 9.82. The first kappa shape index (κ1) is 26.9. The van der Waals surface area contributed by atoms with Gasteiger partial charge in [-0.1, -0.05) is 141 Å². The second-order valence-corrected chi connectivity index (χ2v) is 13.5. The lowest BCUT2D eigenvalue weighted by Gasteiger charge is -2.21. The predicted octanol–water partition coefficient (Wildman–Crippen LogP) is 11.2. The van der Waals surface area contributed by atoms with Gasteiger partial charge in [-0.2, -0.15) is 0 Å². The van der Waals surface area contributed by atoms with Gasteiger partial charge in [0.15, 0.2) is 17.5 Å². The largest absolute Gasteiger partial charge is 0.208 e. The quantitative estimate of drug-likeness (QED) is 0.200. The molecule has 0 spiro atoms. The Morgan fingerprint density at radius 3 is 1.65 bits per heavy atom. The molecule has 1 aliphatic rings. The van der Waals surface area contributed by atoms with Crippen LogP contribution in [-0.4, -0.2) is 15.0 Å². The molecule has 0 amide bonds. The summed E-state index contributed by atoms with van der Waals surface area (Å²) < 4.78 is 2.70. The Balaban J connectivity index is 1.12. The van der Waals surface area contributed by atoms with Gasteiger partial charge in [0.25, 0.3) is 0 Å². The van der Waals surface area contributed by atoms with Crippen molar-refractivity contribution in [2.45, 2.75) is 19.3 Å². The van der Waals surface area contributed by atoms with Gasteiger partial charge in [0, 0.05) is 47.8 Å². The molecule has 9 rings (SSSR count). The monoisotopic (exact) mass is 607 g/mol. The van der Waals surface area contributed by atoms with Gasteiger partial charge in [-0.3, -0.25) is 0 Å². The van der Waals surface area contributed by atoms with Crippen LogP contribution in [0.1, 0.15) is 25.0 Å². The van der Waals surface area contributed by atoms with Crippen LogP contribution in [-0.2, 0) is 5.41 Å². The highest BCUT2D eigenvalue weighted by molar-refractivity contribution is 7.26. The number of rotatable bonds is 4.